The molecule has 0 aliphatic carbocycles. The first kappa shape index (κ1) is 16.4. The van der Waals surface area contributed by atoms with E-state index in [9.17, 15) is 4.79 Å². The van der Waals surface area contributed by atoms with Crippen LogP contribution in [0.15, 0.2) is 0 Å². The van der Waals surface area contributed by atoms with Crippen molar-refractivity contribution < 1.29 is 19.4 Å². The average Bonchev–Trinajstić information content (AvgIpc) is 2.86. The molecule has 0 bridgehead atoms. The van der Waals surface area contributed by atoms with Gasteiger partial charge >= 0.3 is 5.97 Å². The maximum atomic E-state index is 12.5. The monoisotopic (exact) mass is 273 g/mol. The largest absolute Gasteiger partial charge is 0.463 e. The summed E-state index contributed by atoms with van der Waals surface area (Å²) < 4.78 is 10.9. The zero-order chi connectivity index (χ0) is 14.5. The zero-order valence-corrected chi connectivity index (χ0v) is 12.4. The summed E-state index contributed by atoms with van der Waals surface area (Å²) in [7, 11) is 0. The van der Waals surface area contributed by atoms with Gasteiger partial charge in [0.25, 0.3) is 0 Å². The highest BCUT2D eigenvalue weighted by molar-refractivity contribution is 5.78. The van der Waals surface area contributed by atoms with Crippen LogP contribution in [0.5, 0.6) is 0 Å². The molecule has 0 radical (unpaired) electrons. The van der Waals surface area contributed by atoms with Crippen LogP contribution in [0, 0.1) is 17.3 Å². The number of carbonyl (C=O) groups is 1. The normalized spacial score (nSPS) is 22.8. The molecule has 0 amide bonds. The van der Waals surface area contributed by atoms with Gasteiger partial charge < -0.3 is 14.6 Å². The Balaban J connectivity index is 2.99. The van der Waals surface area contributed by atoms with Crippen LogP contribution in [0.2, 0.25) is 0 Å². The fraction of sp³-hybridized carbons (Fsp3) is 0.929. The number of ether oxygens (including phenoxy) is 2. The number of rotatable bonds is 7. The van der Waals surface area contributed by atoms with Crippen LogP contribution in [0.1, 0.15) is 34.1 Å². The number of aliphatic hydroxyl groups is 1. The van der Waals surface area contributed by atoms with Gasteiger partial charge in [-0.15, -0.1) is 0 Å². The minimum absolute atomic E-state index is 0.0398. The van der Waals surface area contributed by atoms with E-state index in [0.717, 1.165) is 6.54 Å². The van der Waals surface area contributed by atoms with Crippen molar-refractivity contribution in [3.05, 3.63) is 0 Å². The van der Waals surface area contributed by atoms with Gasteiger partial charge in [-0.2, -0.15) is 0 Å². The smallest absolute Gasteiger partial charge is 0.316 e. The van der Waals surface area contributed by atoms with Crippen molar-refractivity contribution in [1.29, 1.82) is 0 Å². The Morgan fingerprint density at radius 2 is 2.16 bits per heavy atom. The quantitative estimate of drug-likeness (QED) is 0.681. The summed E-state index contributed by atoms with van der Waals surface area (Å²) >= 11 is 0. The lowest BCUT2D eigenvalue weighted by Gasteiger charge is -2.40. The highest BCUT2D eigenvalue weighted by Crippen LogP contribution is 2.41. The topological polar surface area (TPSA) is 67.8 Å². The molecular formula is C14H27NO4. The lowest BCUT2D eigenvalue weighted by Crippen LogP contribution is -2.53. The molecule has 1 fully saturated rings. The van der Waals surface area contributed by atoms with Crippen LogP contribution in [0.4, 0.5) is 0 Å². The molecule has 2 unspecified atom stereocenters. The lowest BCUT2D eigenvalue weighted by atomic mass is 9.70. The number of esters is 1. The number of aliphatic hydroxyl groups excluding tert-OH is 1. The Morgan fingerprint density at radius 3 is 2.58 bits per heavy atom. The van der Waals surface area contributed by atoms with Crippen molar-refractivity contribution in [3.8, 4) is 0 Å². The second-order valence-corrected chi connectivity index (χ2v) is 5.86. The molecule has 1 saturated heterocycles. The molecule has 2 atom stereocenters. The first-order chi connectivity index (χ1) is 8.95. The molecule has 0 spiro atoms. The van der Waals surface area contributed by atoms with Crippen LogP contribution in [-0.2, 0) is 14.3 Å². The molecule has 1 heterocycles. The number of hydrogen-bond donors (Lipinski definition) is 2. The minimum Gasteiger partial charge on any atom is -0.463 e. The number of carbonyl (C=O) groups excluding carboxylic acids is 1. The molecule has 19 heavy (non-hydrogen) atoms. The summed E-state index contributed by atoms with van der Waals surface area (Å²) in [5, 5.41) is 12.1. The van der Waals surface area contributed by atoms with E-state index in [0.29, 0.717) is 18.9 Å². The summed E-state index contributed by atoms with van der Waals surface area (Å²) in [6.07, 6.45) is 0.396. The Bertz CT molecular complexity index is 287. The van der Waals surface area contributed by atoms with Gasteiger partial charge in [-0.05, 0) is 18.3 Å². The molecule has 0 aromatic rings. The molecule has 112 valence electrons. The summed E-state index contributed by atoms with van der Waals surface area (Å²) in [6.45, 7) is 9.47. The summed E-state index contributed by atoms with van der Waals surface area (Å²) in [6, 6.07) is 0. The van der Waals surface area contributed by atoms with E-state index in [4.69, 9.17) is 14.6 Å². The molecule has 0 saturated carbocycles. The van der Waals surface area contributed by atoms with Crippen LogP contribution < -0.4 is 5.32 Å². The number of hydrogen-bond acceptors (Lipinski definition) is 5. The van der Waals surface area contributed by atoms with Crippen LogP contribution >= 0.6 is 0 Å². The minimum atomic E-state index is -0.695. The van der Waals surface area contributed by atoms with E-state index < -0.39 is 5.41 Å². The third kappa shape index (κ3) is 3.68. The molecule has 0 aromatic heterocycles. The third-order valence-electron chi connectivity index (χ3n) is 3.66. The van der Waals surface area contributed by atoms with Crippen LogP contribution in [0.3, 0.4) is 0 Å². The highest BCUT2D eigenvalue weighted by Gasteiger charge is 2.51. The van der Waals surface area contributed by atoms with Crippen molar-refractivity contribution in [2.24, 2.45) is 17.3 Å². The lowest BCUT2D eigenvalue weighted by molar-refractivity contribution is -0.174. The van der Waals surface area contributed by atoms with Crippen molar-refractivity contribution in [2.45, 2.75) is 40.3 Å². The first-order valence-electron chi connectivity index (χ1n) is 7.08. The van der Waals surface area contributed by atoms with Gasteiger partial charge in [0.05, 0.1) is 13.2 Å². The summed E-state index contributed by atoms with van der Waals surface area (Å²) in [5.74, 6) is 0.177. The maximum Gasteiger partial charge on any atom is 0.316 e. The predicted octanol–water partition coefficient (Wildman–Crippen LogP) is 1.16. The van der Waals surface area contributed by atoms with E-state index in [-0.39, 0.29) is 31.3 Å². The number of nitrogens with one attached hydrogen (secondary N) is 1. The SMILES string of the molecule is CC(C)CC(C(=O)OCCO)(C(C)C)C1NCCO1. The zero-order valence-electron chi connectivity index (χ0n) is 12.4. The van der Waals surface area contributed by atoms with Gasteiger partial charge in [0.1, 0.15) is 18.2 Å². The van der Waals surface area contributed by atoms with E-state index >= 15 is 0 Å². The fourth-order valence-electron chi connectivity index (χ4n) is 2.78. The van der Waals surface area contributed by atoms with Gasteiger partial charge in [0, 0.05) is 6.54 Å². The Hall–Kier alpha value is -0.650. The van der Waals surface area contributed by atoms with Gasteiger partial charge in [-0.1, -0.05) is 27.7 Å². The van der Waals surface area contributed by atoms with Gasteiger partial charge in [-0.3, -0.25) is 10.1 Å². The molecule has 5 nitrogen and oxygen atoms in total. The van der Waals surface area contributed by atoms with E-state index in [1.54, 1.807) is 0 Å². The highest BCUT2D eigenvalue weighted by atomic mass is 16.6. The van der Waals surface area contributed by atoms with Gasteiger partial charge in [0.2, 0.25) is 0 Å². The molecule has 5 heteroatoms. The third-order valence-corrected chi connectivity index (χ3v) is 3.66. The first-order valence-corrected chi connectivity index (χ1v) is 7.08. The Morgan fingerprint density at radius 1 is 1.47 bits per heavy atom. The van der Waals surface area contributed by atoms with E-state index in [1.165, 1.54) is 0 Å². The summed E-state index contributed by atoms with van der Waals surface area (Å²) in [4.78, 5) is 12.5. The van der Waals surface area contributed by atoms with Gasteiger partial charge in [0.15, 0.2) is 0 Å². The molecule has 2 N–H and O–H groups in total. The van der Waals surface area contributed by atoms with Crippen molar-refractivity contribution in [2.75, 3.05) is 26.4 Å². The Labute approximate surface area is 115 Å². The van der Waals surface area contributed by atoms with Crippen molar-refractivity contribution >= 4 is 5.97 Å². The second-order valence-electron chi connectivity index (χ2n) is 5.86. The molecule has 1 aliphatic heterocycles. The standard InChI is InChI=1S/C14H27NO4/c1-10(2)9-14(11(3)4,12-15-5-7-18-12)13(17)19-8-6-16/h10-12,15-16H,5-9H2,1-4H3. The second kappa shape index (κ2) is 7.22. The van der Waals surface area contributed by atoms with Crippen LogP contribution in [0.25, 0.3) is 0 Å². The predicted molar refractivity (Wildman–Crippen MR) is 72.5 cm³/mol. The molecular weight excluding hydrogens is 246 g/mol. The van der Waals surface area contributed by atoms with E-state index in [1.807, 2.05) is 13.8 Å². The maximum absolute atomic E-state index is 12.5. The summed E-state index contributed by atoms with van der Waals surface area (Å²) in [5.41, 5.74) is -0.695. The molecule has 0 aromatic carbocycles. The molecule has 1 aliphatic rings. The van der Waals surface area contributed by atoms with Crippen LogP contribution in [-0.4, -0.2) is 43.7 Å². The van der Waals surface area contributed by atoms with E-state index in [2.05, 4.69) is 19.2 Å². The Kier molecular flexibility index (Phi) is 6.23. The van der Waals surface area contributed by atoms with Gasteiger partial charge in [-0.25, -0.2) is 0 Å². The average molecular weight is 273 g/mol. The van der Waals surface area contributed by atoms with Crippen molar-refractivity contribution in [3.63, 3.8) is 0 Å². The molecule has 1 rings (SSSR count). The fourth-order valence-corrected chi connectivity index (χ4v) is 2.78. The van der Waals surface area contributed by atoms with Crippen molar-refractivity contribution in [1.82, 2.24) is 5.32 Å².